The Bertz CT molecular complexity index is 16.9. The van der Waals surface area contributed by atoms with Crippen molar-refractivity contribution in [3.05, 3.63) is 0 Å². The monoisotopic (exact) mass is 118 g/mol. The number of thiol groups is 1. The molecule has 0 saturated carbocycles. The Morgan fingerprint density at radius 2 is 1.83 bits per heavy atom. The minimum Gasteiger partial charge on any atom is -1.00 e. The summed E-state index contributed by atoms with van der Waals surface area (Å²) in [6.45, 7) is 2.10. The van der Waals surface area contributed by atoms with E-state index in [0.717, 1.165) is 5.75 Å². The molecule has 3 heteroatoms. The van der Waals surface area contributed by atoms with Gasteiger partial charge < -0.3 is 6.90 Å². The van der Waals surface area contributed by atoms with Crippen molar-refractivity contribution >= 4 is 12.6 Å². The maximum Gasteiger partial charge on any atom is 1.00 e. The van der Waals surface area contributed by atoms with Crippen LogP contribution in [0.25, 0.3) is 0 Å². The van der Waals surface area contributed by atoms with E-state index in [1.54, 1.807) is 0 Å². The second-order valence-corrected chi connectivity index (χ2v) is 1.17. The molecule has 0 bridgehead atoms. The van der Waals surface area contributed by atoms with Crippen molar-refractivity contribution in [3.63, 3.8) is 0 Å². The first-order valence-corrected chi connectivity index (χ1v) is 2.16. The molecule has 0 fully saturated rings. The van der Waals surface area contributed by atoms with E-state index in [-0.39, 0.29) is 36.5 Å². The molecule has 0 atom stereocenters. The van der Waals surface area contributed by atoms with Crippen molar-refractivity contribution in [1.29, 1.82) is 0 Å². The molecule has 0 aliphatic carbocycles. The molecule has 0 aliphatic heterocycles. The van der Waals surface area contributed by atoms with Crippen LogP contribution in [-0.2, 0) is 0 Å². The molecule has 36 valence electrons. The Morgan fingerprint density at radius 1 is 1.67 bits per heavy atom. The number of hydrogen-bond donors (Lipinski definition) is 1. The van der Waals surface area contributed by atoms with E-state index < -0.39 is 0 Å². The zero-order valence-corrected chi connectivity index (χ0v) is 7.26. The first-order valence-electron chi connectivity index (χ1n) is 1.52. The van der Waals surface area contributed by atoms with Gasteiger partial charge in [0.1, 0.15) is 0 Å². The Morgan fingerprint density at radius 3 is 1.83 bits per heavy atom. The van der Waals surface area contributed by atoms with Gasteiger partial charge in [0.2, 0.25) is 0 Å². The van der Waals surface area contributed by atoms with Gasteiger partial charge >= 0.3 is 29.6 Å². The van der Waals surface area contributed by atoms with Gasteiger partial charge in [-0.3, -0.25) is 0 Å². The molecule has 0 rings (SSSR count). The fraction of sp³-hybridized carbons (Fsp3) is 1.00. The van der Waals surface area contributed by atoms with E-state index in [1.165, 1.54) is 6.42 Å². The van der Waals surface area contributed by atoms with E-state index in [1.807, 2.05) is 0 Å². The Balaban J connectivity index is -0.0000000150. The third kappa shape index (κ3) is 18.5. The summed E-state index contributed by atoms with van der Waals surface area (Å²) in [7, 11) is 0. The van der Waals surface area contributed by atoms with Crippen molar-refractivity contribution in [1.82, 2.24) is 0 Å². The van der Waals surface area contributed by atoms with Crippen LogP contribution in [0.4, 0.5) is 0 Å². The maximum absolute atomic E-state index is 3.92. The second-order valence-electron chi connectivity index (χ2n) is 0.724. The zero-order valence-electron chi connectivity index (χ0n) is 5.36. The molecule has 0 aliphatic rings. The van der Waals surface area contributed by atoms with E-state index in [9.17, 15) is 0 Å². The van der Waals surface area contributed by atoms with Gasteiger partial charge in [-0.1, -0.05) is 6.92 Å². The molecule has 0 aromatic rings. The maximum atomic E-state index is 3.92. The summed E-state index contributed by atoms with van der Waals surface area (Å²) >= 11 is 3.92. The van der Waals surface area contributed by atoms with E-state index in [0.29, 0.717) is 0 Å². The topological polar surface area (TPSA) is 31.5 Å². The first kappa shape index (κ1) is 15.7. The molecule has 0 spiro atoms. The van der Waals surface area contributed by atoms with Gasteiger partial charge in [-0.25, -0.2) is 0 Å². The molecule has 6 heavy (non-hydrogen) atoms. The normalized spacial score (nSPS) is 5.00. The van der Waals surface area contributed by atoms with Crippen molar-refractivity contribution in [3.8, 4) is 0 Å². The van der Waals surface area contributed by atoms with Crippen LogP contribution in [0.5, 0.6) is 0 Å². The minimum atomic E-state index is 0. The third-order valence-corrected chi connectivity index (χ3v) is 0.671. The van der Waals surface area contributed by atoms with Crippen LogP contribution in [0.15, 0.2) is 0 Å². The number of rotatable bonds is 1. The molecule has 0 saturated heterocycles. The molecular weight excluding hydrogens is 107 g/mol. The van der Waals surface area contributed by atoms with Crippen LogP contribution in [0.1, 0.15) is 14.8 Å². The van der Waals surface area contributed by atoms with Crippen molar-refractivity contribution in [2.75, 3.05) is 5.75 Å². The van der Waals surface area contributed by atoms with Crippen LogP contribution in [0.2, 0.25) is 0 Å². The van der Waals surface area contributed by atoms with E-state index in [4.69, 9.17) is 0 Å². The van der Waals surface area contributed by atoms with Crippen molar-refractivity contribution < 1.29 is 36.5 Å². The van der Waals surface area contributed by atoms with Gasteiger partial charge in [-0.2, -0.15) is 12.6 Å². The molecule has 0 radical (unpaired) electrons. The first-order chi connectivity index (χ1) is 1.91. The van der Waals surface area contributed by atoms with E-state index >= 15 is 0 Å². The predicted octanol–water partition coefficient (Wildman–Crippen LogP) is -2.38. The van der Waals surface area contributed by atoms with Gasteiger partial charge in [-0.05, 0) is 12.2 Å². The molecule has 0 heterocycles. The summed E-state index contributed by atoms with van der Waals surface area (Å²) in [4.78, 5) is 0. The van der Waals surface area contributed by atoms with Gasteiger partial charge in [0.05, 0.1) is 0 Å². The summed E-state index contributed by atoms with van der Waals surface area (Å²) in [6.07, 6.45) is 1.18. The third-order valence-electron chi connectivity index (χ3n) is 0.224. The second kappa shape index (κ2) is 16.2. The molecule has 2 N–H and O–H groups in total. The summed E-state index contributed by atoms with van der Waals surface area (Å²) < 4.78 is 0. The van der Waals surface area contributed by atoms with Crippen LogP contribution in [-0.4, -0.2) is 11.2 Å². The van der Waals surface area contributed by atoms with Gasteiger partial charge in [-0.15, -0.1) is 0 Å². The van der Waals surface area contributed by atoms with E-state index in [2.05, 4.69) is 19.6 Å². The molecule has 1 nitrogen and oxygen atoms in total. The van der Waals surface area contributed by atoms with Crippen LogP contribution in [0.3, 0.4) is 0 Å². The SMILES string of the molecule is CCCS.O.[H-].[Na+]. The summed E-state index contributed by atoms with van der Waals surface area (Å²) in [5, 5.41) is 0. The fourth-order valence-corrected chi connectivity index (χ4v) is 0. The fourth-order valence-electron chi connectivity index (χ4n) is 0. The average molecular weight is 118 g/mol. The Labute approximate surface area is 68.0 Å². The molecule has 0 aromatic heterocycles. The van der Waals surface area contributed by atoms with Gasteiger partial charge in [0, 0.05) is 0 Å². The Hall–Kier alpha value is 1.31. The minimum absolute atomic E-state index is 0. The molecule has 0 amide bonds. The molecule has 0 unspecified atom stereocenters. The van der Waals surface area contributed by atoms with Crippen molar-refractivity contribution in [2.45, 2.75) is 13.3 Å². The van der Waals surface area contributed by atoms with Gasteiger partial charge in [0.25, 0.3) is 0 Å². The van der Waals surface area contributed by atoms with Crippen LogP contribution >= 0.6 is 12.6 Å². The smallest absolute Gasteiger partial charge is 1.00 e. The van der Waals surface area contributed by atoms with Crippen LogP contribution < -0.4 is 29.6 Å². The standard InChI is InChI=1S/C3H8S.Na.H2O.H/c1-2-3-4;;;/h4H,2-3H2,1H3;;1H2;/q;+1;;-1. The average Bonchev–Trinajstić information content (AvgIpc) is 1.37. The van der Waals surface area contributed by atoms with Crippen LogP contribution in [0, 0.1) is 0 Å². The largest absolute Gasteiger partial charge is 1.00 e. The summed E-state index contributed by atoms with van der Waals surface area (Å²) in [5.41, 5.74) is 0. The number of hydrogen-bond acceptors (Lipinski definition) is 1. The summed E-state index contributed by atoms with van der Waals surface area (Å²) in [5.74, 6) is 1.01. The quantitative estimate of drug-likeness (QED) is 0.294. The molecular formula is C3H11NaOS. The predicted molar refractivity (Wildman–Crippen MR) is 28.9 cm³/mol. The molecule has 0 aromatic carbocycles. The van der Waals surface area contributed by atoms with Crippen molar-refractivity contribution in [2.24, 2.45) is 0 Å². The Kier molecular flexibility index (Phi) is 42.4. The zero-order chi connectivity index (χ0) is 3.41. The van der Waals surface area contributed by atoms with Gasteiger partial charge in [0.15, 0.2) is 0 Å². The summed E-state index contributed by atoms with van der Waals surface area (Å²) in [6, 6.07) is 0.